The second kappa shape index (κ2) is 5.35. The molecule has 1 aliphatic carbocycles. The van der Waals surface area contributed by atoms with E-state index < -0.39 is 10.0 Å². The lowest BCUT2D eigenvalue weighted by Crippen LogP contribution is -2.25. The lowest BCUT2D eigenvalue weighted by Gasteiger charge is -2.06. The van der Waals surface area contributed by atoms with Gasteiger partial charge in [-0.05, 0) is 12.8 Å². The van der Waals surface area contributed by atoms with Gasteiger partial charge < -0.3 is 5.32 Å². The van der Waals surface area contributed by atoms with E-state index in [1.807, 2.05) is 0 Å². The number of hydrogen-bond acceptors (Lipinski definition) is 5. The molecule has 0 aliphatic heterocycles. The van der Waals surface area contributed by atoms with Crippen molar-refractivity contribution in [2.75, 3.05) is 0 Å². The highest BCUT2D eigenvalue weighted by Crippen LogP contribution is 2.20. The Balaban J connectivity index is 1.68. The van der Waals surface area contributed by atoms with Gasteiger partial charge in [-0.1, -0.05) is 0 Å². The summed E-state index contributed by atoms with van der Waals surface area (Å²) in [6, 6.07) is 0.513. The number of rotatable bonds is 7. The molecule has 1 fully saturated rings. The van der Waals surface area contributed by atoms with Crippen LogP contribution in [0.15, 0.2) is 23.6 Å². The van der Waals surface area contributed by atoms with E-state index in [4.69, 9.17) is 0 Å². The Bertz CT molecular complexity index is 659. The van der Waals surface area contributed by atoms with E-state index >= 15 is 0 Å². The van der Waals surface area contributed by atoms with Gasteiger partial charge in [0.1, 0.15) is 0 Å². The SMILES string of the molecule is O=S(=O)(NCc1cn[nH]c1)c1[nH]ncc1CNC1CC1. The summed E-state index contributed by atoms with van der Waals surface area (Å²) in [4.78, 5) is 0. The van der Waals surface area contributed by atoms with Gasteiger partial charge in [0.15, 0.2) is 5.03 Å². The van der Waals surface area contributed by atoms with Gasteiger partial charge in [0.05, 0.1) is 12.4 Å². The van der Waals surface area contributed by atoms with E-state index in [9.17, 15) is 8.42 Å². The van der Waals surface area contributed by atoms with Gasteiger partial charge >= 0.3 is 0 Å². The molecule has 2 heterocycles. The number of aromatic amines is 2. The Hall–Kier alpha value is -1.71. The fourth-order valence-electron chi connectivity index (χ4n) is 1.82. The van der Waals surface area contributed by atoms with E-state index in [2.05, 4.69) is 30.4 Å². The number of nitrogens with zero attached hydrogens (tertiary/aromatic N) is 2. The Morgan fingerprint density at radius 2 is 2.10 bits per heavy atom. The van der Waals surface area contributed by atoms with Crippen LogP contribution in [0.2, 0.25) is 0 Å². The van der Waals surface area contributed by atoms with Crippen molar-refractivity contribution < 1.29 is 8.42 Å². The number of hydrogen-bond donors (Lipinski definition) is 4. The predicted octanol–water partition coefficient (Wildman–Crippen LogP) is -0.137. The minimum Gasteiger partial charge on any atom is -0.310 e. The smallest absolute Gasteiger partial charge is 0.258 e. The number of sulfonamides is 1. The van der Waals surface area contributed by atoms with Gasteiger partial charge in [0, 0.05) is 36.5 Å². The summed E-state index contributed by atoms with van der Waals surface area (Å²) in [6.45, 7) is 0.691. The van der Waals surface area contributed by atoms with Crippen LogP contribution in [0.3, 0.4) is 0 Å². The monoisotopic (exact) mass is 296 g/mol. The van der Waals surface area contributed by atoms with E-state index in [0.717, 1.165) is 18.4 Å². The van der Waals surface area contributed by atoms with Gasteiger partial charge in [-0.2, -0.15) is 10.2 Å². The molecule has 4 N–H and O–H groups in total. The molecule has 2 aromatic rings. The molecule has 0 spiro atoms. The largest absolute Gasteiger partial charge is 0.310 e. The molecular weight excluding hydrogens is 280 g/mol. The highest BCUT2D eigenvalue weighted by molar-refractivity contribution is 7.89. The molecule has 0 saturated heterocycles. The van der Waals surface area contributed by atoms with Crippen LogP contribution in [0.4, 0.5) is 0 Å². The third kappa shape index (κ3) is 3.06. The maximum atomic E-state index is 12.2. The summed E-state index contributed by atoms with van der Waals surface area (Å²) in [6.07, 6.45) is 7.06. The second-order valence-electron chi connectivity index (χ2n) is 4.81. The van der Waals surface area contributed by atoms with Gasteiger partial charge in [-0.3, -0.25) is 10.2 Å². The van der Waals surface area contributed by atoms with Crippen LogP contribution >= 0.6 is 0 Å². The fourth-order valence-corrected chi connectivity index (χ4v) is 2.97. The van der Waals surface area contributed by atoms with Crippen molar-refractivity contribution >= 4 is 10.0 Å². The van der Waals surface area contributed by atoms with Crippen LogP contribution in [0.1, 0.15) is 24.0 Å². The molecular formula is C11H16N6O2S. The molecule has 1 aliphatic rings. The standard InChI is InChI=1S/C11H16N6O2S/c18-20(19,16-5-8-3-13-14-4-8)11-9(7-15-17-11)6-12-10-1-2-10/h3-4,7,10,12,16H,1-2,5-6H2,(H,13,14)(H,15,17). The molecule has 0 unspecified atom stereocenters. The molecule has 9 heteroatoms. The first-order valence-electron chi connectivity index (χ1n) is 6.38. The van der Waals surface area contributed by atoms with E-state index in [1.54, 1.807) is 18.6 Å². The molecule has 0 aromatic carbocycles. The van der Waals surface area contributed by atoms with Crippen molar-refractivity contribution in [2.24, 2.45) is 0 Å². The lowest BCUT2D eigenvalue weighted by molar-refractivity contribution is 0.573. The minimum atomic E-state index is -3.60. The van der Waals surface area contributed by atoms with Crippen LogP contribution in [0, 0.1) is 0 Å². The Kier molecular flexibility index (Phi) is 3.55. The fraction of sp³-hybridized carbons (Fsp3) is 0.455. The van der Waals surface area contributed by atoms with E-state index in [-0.39, 0.29) is 11.6 Å². The molecule has 8 nitrogen and oxygen atoms in total. The first-order valence-corrected chi connectivity index (χ1v) is 7.86. The zero-order chi connectivity index (χ0) is 14.0. The van der Waals surface area contributed by atoms with Crippen LogP contribution in [0.25, 0.3) is 0 Å². The Labute approximate surface area is 116 Å². The molecule has 20 heavy (non-hydrogen) atoms. The first kappa shape index (κ1) is 13.3. The molecule has 1 saturated carbocycles. The van der Waals surface area contributed by atoms with Gasteiger partial charge in [0.2, 0.25) is 0 Å². The zero-order valence-corrected chi connectivity index (χ0v) is 11.6. The average Bonchev–Trinajstić information content (AvgIpc) is 2.94. The van der Waals surface area contributed by atoms with Crippen molar-refractivity contribution in [2.45, 2.75) is 37.0 Å². The summed E-state index contributed by atoms with van der Waals surface area (Å²) >= 11 is 0. The van der Waals surface area contributed by atoms with E-state index in [0.29, 0.717) is 18.2 Å². The third-order valence-electron chi connectivity index (χ3n) is 3.13. The molecule has 0 amide bonds. The third-order valence-corrected chi connectivity index (χ3v) is 4.54. The summed E-state index contributed by atoms with van der Waals surface area (Å²) in [7, 11) is -3.60. The molecule has 3 rings (SSSR count). The maximum Gasteiger partial charge on any atom is 0.258 e. The van der Waals surface area contributed by atoms with Crippen molar-refractivity contribution in [3.05, 3.63) is 29.7 Å². The number of H-pyrrole nitrogens is 2. The van der Waals surface area contributed by atoms with Crippen molar-refractivity contribution in [1.82, 2.24) is 30.4 Å². The summed E-state index contributed by atoms with van der Waals surface area (Å²) in [5.41, 5.74) is 1.42. The second-order valence-corrected chi connectivity index (χ2v) is 6.51. The molecule has 0 radical (unpaired) electrons. The first-order chi connectivity index (χ1) is 9.65. The number of nitrogens with one attached hydrogen (secondary N) is 4. The predicted molar refractivity (Wildman–Crippen MR) is 71.1 cm³/mol. The van der Waals surface area contributed by atoms with Crippen LogP contribution < -0.4 is 10.0 Å². The molecule has 0 atom stereocenters. The average molecular weight is 296 g/mol. The quantitative estimate of drug-likeness (QED) is 0.568. The highest BCUT2D eigenvalue weighted by Gasteiger charge is 2.24. The van der Waals surface area contributed by atoms with Crippen LogP contribution in [0.5, 0.6) is 0 Å². The number of aromatic nitrogens is 4. The van der Waals surface area contributed by atoms with Crippen molar-refractivity contribution in [1.29, 1.82) is 0 Å². The molecule has 108 valence electrons. The highest BCUT2D eigenvalue weighted by atomic mass is 32.2. The van der Waals surface area contributed by atoms with Crippen LogP contribution in [-0.2, 0) is 23.1 Å². The maximum absolute atomic E-state index is 12.2. The van der Waals surface area contributed by atoms with Gasteiger partial charge in [-0.15, -0.1) is 0 Å². The van der Waals surface area contributed by atoms with Gasteiger partial charge in [-0.25, -0.2) is 13.1 Å². The van der Waals surface area contributed by atoms with Crippen molar-refractivity contribution in [3.8, 4) is 0 Å². The zero-order valence-electron chi connectivity index (χ0n) is 10.8. The summed E-state index contributed by atoms with van der Waals surface area (Å²) < 4.78 is 27.0. The van der Waals surface area contributed by atoms with Crippen molar-refractivity contribution in [3.63, 3.8) is 0 Å². The molecule has 2 aromatic heterocycles. The van der Waals surface area contributed by atoms with E-state index in [1.165, 1.54) is 0 Å². The normalized spacial score (nSPS) is 15.6. The summed E-state index contributed by atoms with van der Waals surface area (Å²) in [5, 5.41) is 16.2. The van der Waals surface area contributed by atoms with Gasteiger partial charge in [0.25, 0.3) is 10.0 Å². The minimum absolute atomic E-state index is 0.120. The Morgan fingerprint density at radius 1 is 1.25 bits per heavy atom. The summed E-state index contributed by atoms with van der Waals surface area (Å²) in [5.74, 6) is 0. The molecule has 0 bridgehead atoms. The van der Waals surface area contributed by atoms with Crippen LogP contribution in [-0.4, -0.2) is 34.9 Å². The lowest BCUT2D eigenvalue weighted by atomic mass is 10.3. The Morgan fingerprint density at radius 3 is 2.80 bits per heavy atom. The topological polar surface area (TPSA) is 116 Å².